The summed E-state index contributed by atoms with van der Waals surface area (Å²) in [6.07, 6.45) is 74.7. The van der Waals surface area contributed by atoms with Gasteiger partial charge in [0.1, 0.15) is 13.2 Å². The largest absolute Gasteiger partial charge is 0.462 e. The Hall–Kier alpha value is -2.11. The van der Waals surface area contributed by atoms with E-state index in [1.807, 2.05) is 0 Å². The highest BCUT2D eigenvalue weighted by molar-refractivity contribution is 5.71. The molecule has 0 amide bonds. The summed E-state index contributed by atoms with van der Waals surface area (Å²) in [5.74, 6) is -0.850. The average molecular weight is 1030 g/mol. The van der Waals surface area contributed by atoms with Crippen LogP contribution in [0.25, 0.3) is 0 Å². The number of carbonyl (C=O) groups excluding carboxylic acids is 3. The summed E-state index contributed by atoms with van der Waals surface area (Å²) >= 11 is 0. The molecule has 0 aliphatic carbocycles. The fourth-order valence-electron chi connectivity index (χ4n) is 9.97. The van der Waals surface area contributed by atoms with Crippen molar-refractivity contribution in [1.29, 1.82) is 0 Å². The van der Waals surface area contributed by atoms with Gasteiger partial charge in [-0.2, -0.15) is 0 Å². The average Bonchev–Trinajstić information content (AvgIpc) is 3.39. The number of carbonyl (C=O) groups is 3. The molecule has 0 rings (SSSR count). The second kappa shape index (κ2) is 62.4. The van der Waals surface area contributed by atoms with Crippen molar-refractivity contribution in [3.8, 4) is 0 Å². The molecule has 1 atom stereocenters. The lowest BCUT2D eigenvalue weighted by atomic mass is 10.0. The molecule has 0 saturated carbocycles. The van der Waals surface area contributed by atoms with Crippen LogP contribution in [0, 0.1) is 0 Å². The fraction of sp³-hybridized carbons (Fsp3) is 0.896. The Morgan fingerprint density at radius 1 is 0.260 bits per heavy atom. The predicted molar refractivity (Wildman–Crippen MR) is 316 cm³/mol. The standard InChI is InChI=1S/C67H126O6/c1-4-7-10-13-16-19-22-25-28-31-34-37-39-42-45-48-51-54-57-60-66(69)72-63-64(73-67(70)61-58-55-52-49-46-43-40-36-33-30-27-24-21-18-15-12-9-6-3)62-71-65(68)59-56-53-50-47-44-41-38-35-32-29-26-23-20-17-14-11-8-5-2/h29-30,32-33,64H,4-28,31,34-63H2,1-3H3/b32-29-,33-30-. The summed E-state index contributed by atoms with van der Waals surface area (Å²) in [6, 6.07) is 0. The van der Waals surface area contributed by atoms with Gasteiger partial charge in [0.05, 0.1) is 0 Å². The molecule has 0 aliphatic rings. The lowest BCUT2D eigenvalue weighted by molar-refractivity contribution is -0.167. The van der Waals surface area contributed by atoms with Crippen LogP contribution in [0.3, 0.4) is 0 Å². The van der Waals surface area contributed by atoms with E-state index in [2.05, 4.69) is 45.1 Å². The van der Waals surface area contributed by atoms with Gasteiger partial charge in [-0.1, -0.05) is 302 Å². The third kappa shape index (κ3) is 60.6. The van der Waals surface area contributed by atoms with Gasteiger partial charge in [-0.15, -0.1) is 0 Å². The molecule has 1 unspecified atom stereocenters. The summed E-state index contributed by atoms with van der Waals surface area (Å²) in [5, 5.41) is 0. The number of esters is 3. The Balaban J connectivity index is 4.33. The third-order valence-corrected chi connectivity index (χ3v) is 14.9. The smallest absolute Gasteiger partial charge is 0.306 e. The molecule has 0 aromatic rings. The van der Waals surface area contributed by atoms with Crippen LogP contribution in [-0.4, -0.2) is 37.2 Å². The van der Waals surface area contributed by atoms with Gasteiger partial charge in [-0.3, -0.25) is 14.4 Å². The van der Waals surface area contributed by atoms with E-state index in [1.54, 1.807) is 0 Å². The van der Waals surface area contributed by atoms with Crippen molar-refractivity contribution in [3.63, 3.8) is 0 Å². The zero-order chi connectivity index (χ0) is 52.9. The minimum Gasteiger partial charge on any atom is -0.462 e. The van der Waals surface area contributed by atoms with Crippen LogP contribution in [-0.2, 0) is 28.6 Å². The highest BCUT2D eigenvalue weighted by Gasteiger charge is 2.19. The van der Waals surface area contributed by atoms with E-state index >= 15 is 0 Å². The Labute approximate surface area is 455 Å². The van der Waals surface area contributed by atoms with Gasteiger partial charge in [-0.05, 0) is 70.6 Å². The van der Waals surface area contributed by atoms with Crippen LogP contribution >= 0.6 is 0 Å². The van der Waals surface area contributed by atoms with Crippen molar-refractivity contribution in [2.75, 3.05) is 13.2 Å². The molecule has 73 heavy (non-hydrogen) atoms. The van der Waals surface area contributed by atoms with Crippen LogP contribution in [0.15, 0.2) is 24.3 Å². The van der Waals surface area contributed by atoms with E-state index in [0.717, 1.165) is 57.8 Å². The highest BCUT2D eigenvalue weighted by Crippen LogP contribution is 2.18. The van der Waals surface area contributed by atoms with Crippen molar-refractivity contribution in [2.45, 2.75) is 374 Å². The molecular formula is C67H126O6. The van der Waals surface area contributed by atoms with Gasteiger partial charge >= 0.3 is 17.9 Å². The van der Waals surface area contributed by atoms with Gasteiger partial charge in [0.25, 0.3) is 0 Å². The van der Waals surface area contributed by atoms with Gasteiger partial charge < -0.3 is 14.2 Å². The number of ether oxygens (including phenoxy) is 3. The summed E-state index contributed by atoms with van der Waals surface area (Å²) < 4.78 is 17.0. The maximum Gasteiger partial charge on any atom is 0.306 e. The van der Waals surface area contributed by atoms with E-state index in [0.29, 0.717) is 19.3 Å². The van der Waals surface area contributed by atoms with Gasteiger partial charge in [0.2, 0.25) is 0 Å². The van der Waals surface area contributed by atoms with Crippen molar-refractivity contribution >= 4 is 17.9 Å². The number of allylic oxidation sites excluding steroid dienone is 4. The van der Waals surface area contributed by atoms with E-state index in [9.17, 15) is 14.4 Å². The van der Waals surface area contributed by atoms with Crippen molar-refractivity contribution < 1.29 is 28.6 Å². The first-order chi connectivity index (χ1) is 36.0. The van der Waals surface area contributed by atoms with Gasteiger partial charge in [-0.25, -0.2) is 0 Å². The summed E-state index contributed by atoms with van der Waals surface area (Å²) in [4.78, 5) is 38.4. The van der Waals surface area contributed by atoms with E-state index in [-0.39, 0.29) is 31.1 Å². The second-order valence-electron chi connectivity index (χ2n) is 22.4. The molecule has 0 bridgehead atoms. The molecular weight excluding hydrogens is 901 g/mol. The van der Waals surface area contributed by atoms with Crippen LogP contribution < -0.4 is 0 Å². The molecule has 0 aromatic heterocycles. The highest BCUT2D eigenvalue weighted by atomic mass is 16.6. The van der Waals surface area contributed by atoms with Crippen LogP contribution in [0.4, 0.5) is 0 Å². The normalized spacial score (nSPS) is 12.1. The zero-order valence-corrected chi connectivity index (χ0v) is 49.4. The topological polar surface area (TPSA) is 78.9 Å². The van der Waals surface area contributed by atoms with E-state index < -0.39 is 6.10 Å². The summed E-state index contributed by atoms with van der Waals surface area (Å²) in [5.41, 5.74) is 0. The maximum absolute atomic E-state index is 12.9. The minimum atomic E-state index is -0.773. The Morgan fingerprint density at radius 2 is 0.452 bits per heavy atom. The minimum absolute atomic E-state index is 0.0692. The van der Waals surface area contributed by atoms with Crippen LogP contribution in [0.5, 0.6) is 0 Å². The van der Waals surface area contributed by atoms with Crippen LogP contribution in [0.1, 0.15) is 367 Å². The molecule has 0 fully saturated rings. The molecule has 6 nitrogen and oxygen atoms in total. The second-order valence-corrected chi connectivity index (χ2v) is 22.4. The van der Waals surface area contributed by atoms with Crippen LogP contribution in [0.2, 0.25) is 0 Å². The molecule has 430 valence electrons. The molecule has 0 aliphatic heterocycles. The monoisotopic (exact) mass is 1030 g/mol. The van der Waals surface area contributed by atoms with Crippen molar-refractivity contribution in [2.24, 2.45) is 0 Å². The molecule has 0 aromatic carbocycles. The van der Waals surface area contributed by atoms with E-state index in [4.69, 9.17) is 14.2 Å². The zero-order valence-electron chi connectivity index (χ0n) is 49.4. The quantitative estimate of drug-likeness (QED) is 0.0261. The molecule has 6 heteroatoms. The Morgan fingerprint density at radius 3 is 0.685 bits per heavy atom. The predicted octanol–water partition coefficient (Wildman–Crippen LogP) is 22.2. The van der Waals surface area contributed by atoms with Crippen molar-refractivity contribution in [1.82, 2.24) is 0 Å². The summed E-state index contributed by atoms with van der Waals surface area (Å²) in [7, 11) is 0. The molecule has 0 spiro atoms. The van der Waals surface area contributed by atoms with Gasteiger partial charge in [0.15, 0.2) is 6.10 Å². The lowest BCUT2D eigenvalue weighted by Gasteiger charge is -2.18. The molecule has 0 heterocycles. The molecule has 0 N–H and O–H groups in total. The summed E-state index contributed by atoms with van der Waals surface area (Å²) in [6.45, 7) is 6.70. The first-order valence-electron chi connectivity index (χ1n) is 32.8. The number of unbranched alkanes of at least 4 members (excludes halogenated alkanes) is 46. The lowest BCUT2D eigenvalue weighted by Crippen LogP contribution is -2.30. The SMILES string of the molecule is CCCCCCCCC/C=C\CCCCCCCCCC(=O)OCC(COC(=O)CCCCCCCCCCCCCCCCCCCCC)OC(=O)CCCCCCCCC/C=C\CCCCCCCCC. The maximum atomic E-state index is 12.9. The van der Waals surface area contributed by atoms with E-state index in [1.165, 1.54) is 270 Å². The van der Waals surface area contributed by atoms with Gasteiger partial charge in [0, 0.05) is 19.3 Å². The first kappa shape index (κ1) is 70.9. The number of hydrogen-bond acceptors (Lipinski definition) is 6. The number of hydrogen-bond donors (Lipinski definition) is 0. The van der Waals surface area contributed by atoms with Crippen molar-refractivity contribution in [3.05, 3.63) is 24.3 Å². The molecule has 0 saturated heterocycles. The Kier molecular flexibility index (Phi) is 60.6. The molecule has 0 radical (unpaired) electrons. The number of rotatable bonds is 61. The Bertz CT molecular complexity index is 1180. The fourth-order valence-corrected chi connectivity index (χ4v) is 9.97. The first-order valence-corrected chi connectivity index (χ1v) is 32.8. The third-order valence-electron chi connectivity index (χ3n) is 14.9.